The second-order valence-corrected chi connectivity index (χ2v) is 20.7. The Morgan fingerprint density at radius 1 is 0.409 bits per heavy atom. The number of aliphatic hydroxyl groups is 2. The molecular formula is C60H117NO5. The van der Waals surface area contributed by atoms with E-state index >= 15 is 0 Å². The fraction of sp³-hybridized carbons (Fsp3) is 0.933. The van der Waals surface area contributed by atoms with Gasteiger partial charge in [-0.1, -0.05) is 283 Å². The number of hydrogen-bond donors (Lipinski definition) is 3. The van der Waals surface area contributed by atoms with Gasteiger partial charge in [-0.05, 0) is 51.4 Å². The van der Waals surface area contributed by atoms with Crippen molar-refractivity contribution in [1.82, 2.24) is 5.32 Å². The van der Waals surface area contributed by atoms with Crippen molar-refractivity contribution in [2.24, 2.45) is 0 Å². The number of carbonyl (C=O) groups excluding carboxylic acids is 2. The molecule has 0 aliphatic rings. The van der Waals surface area contributed by atoms with Crippen LogP contribution in [0.25, 0.3) is 0 Å². The van der Waals surface area contributed by atoms with Crippen molar-refractivity contribution in [3.8, 4) is 0 Å². The van der Waals surface area contributed by atoms with E-state index in [1.54, 1.807) is 0 Å². The summed E-state index contributed by atoms with van der Waals surface area (Å²) in [6, 6.07) is -0.543. The molecule has 6 heteroatoms. The molecule has 6 nitrogen and oxygen atoms in total. The maximum atomic E-state index is 12.4. The van der Waals surface area contributed by atoms with Crippen LogP contribution in [0.2, 0.25) is 0 Å². The molecule has 0 spiro atoms. The summed E-state index contributed by atoms with van der Waals surface area (Å²) in [6.07, 6.45) is 66.6. The summed E-state index contributed by atoms with van der Waals surface area (Å²) < 4.78 is 5.50. The normalized spacial score (nSPS) is 12.6. The minimum Gasteiger partial charge on any atom is -0.466 e. The summed E-state index contributed by atoms with van der Waals surface area (Å²) in [5, 5.41) is 23.1. The number of esters is 1. The highest BCUT2D eigenvalue weighted by Crippen LogP contribution is 2.17. The van der Waals surface area contributed by atoms with E-state index in [1.165, 1.54) is 263 Å². The Morgan fingerprint density at radius 3 is 1.08 bits per heavy atom. The lowest BCUT2D eigenvalue weighted by Crippen LogP contribution is -2.45. The first-order valence-corrected chi connectivity index (χ1v) is 29.9. The Morgan fingerprint density at radius 2 is 0.712 bits per heavy atom. The molecule has 3 N–H and O–H groups in total. The van der Waals surface area contributed by atoms with E-state index in [-0.39, 0.29) is 18.5 Å². The molecule has 0 fully saturated rings. The van der Waals surface area contributed by atoms with Crippen molar-refractivity contribution in [3.05, 3.63) is 12.2 Å². The van der Waals surface area contributed by atoms with E-state index in [9.17, 15) is 19.8 Å². The highest BCUT2D eigenvalue weighted by molar-refractivity contribution is 5.76. The zero-order valence-electron chi connectivity index (χ0n) is 44.7. The summed E-state index contributed by atoms with van der Waals surface area (Å²) >= 11 is 0. The predicted molar refractivity (Wildman–Crippen MR) is 287 cm³/mol. The molecule has 1 amide bonds. The van der Waals surface area contributed by atoms with Crippen molar-refractivity contribution in [3.63, 3.8) is 0 Å². The molecule has 66 heavy (non-hydrogen) atoms. The van der Waals surface area contributed by atoms with Gasteiger partial charge >= 0.3 is 5.97 Å². The van der Waals surface area contributed by atoms with Gasteiger partial charge < -0.3 is 20.3 Å². The number of amides is 1. The van der Waals surface area contributed by atoms with Crippen LogP contribution in [0.4, 0.5) is 0 Å². The fourth-order valence-electron chi connectivity index (χ4n) is 9.46. The smallest absolute Gasteiger partial charge is 0.305 e. The van der Waals surface area contributed by atoms with Gasteiger partial charge in [-0.25, -0.2) is 0 Å². The number of ether oxygens (including phenoxy) is 1. The molecule has 2 unspecified atom stereocenters. The van der Waals surface area contributed by atoms with E-state index in [2.05, 4.69) is 31.3 Å². The zero-order chi connectivity index (χ0) is 47.9. The monoisotopic (exact) mass is 932 g/mol. The Labute approximate surface area is 412 Å². The number of nitrogens with one attached hydrogen (secondary N) is 1. The minimum atomic E-state index is -0.665. The van der Waals surface area contributed by atoms with Gasteiger partial charge in [0, 0.05) is 12.8 Å². The SMILES string of the molecule is CCCCCCCCCCCCCCCCCCCCC(=O)OCCCCCCCCCCCCC/C=C\CCCCCCCCCC(=O)NC(CO)C(O)CCCCCCCCCCC. The van der Waals surface area contributed by atoms with Crippen LogP contribution in [0, 0.1) is 0 Å². The standard InChI is InChI=1S/C60H117NO5/c1-3-5-7-9-11-13-14-15-16-17-25-28-31-34-38-42-46-50-54-60(65)66-55-51-47-43-39-35-32-29-26-23-21-19-18-20-22-24-27-30-33-37-41-45-49-53-59(64)61-57(56-62)58(63)52-48-44-40-36-12-10-8-6-4-2/h20,22,57-58,62-63H,3-19,21,23-56H2,1-2H3,(H,61,64)/b22-20-. The number of aliphatic hydroxyl groups excluding tert-OH is 2. The molecule has 0 aliphatic carbocycles. The first-order valence-electron chi connectivity index (χ1n) is 29.9. The summed E-state index contributed by atoms with van der Waals surface area (Å²) in [7, 11) is 0. The van der Waals surface area contributed by atoms with Crippen LogP contribution < -0.4 is 5.32 Å². The summed E-state index contributed by atoms with van der Waals surface area (Å²) in [6.45, 7) is 4.95. The Hall–Kier alpha value is -1.40. The van der Waals surface area contributed by atoms with Crippen LogP contribution >= 0.6 is 0 Å². The maximum Gasteiger partial charge on any atom is 0.305 e. The largest absolute Gasteiger partial charge is 0.466 e. The van der Waals surface area contributed by atoms with Crippen LogP contribution in [0.3, 0.4) is 0 Å². The first-order chi connectivity index (χ1) is 32.5. The molecule has 0 aromatic rings. The van der Waals surface area contributed by atoms with Gasteiger partial charge in [0.15, 0.2) is 0 Å². The van der Waals surface area contributed by atoms with E-state index < -0.39 is 12.1 Å². The van der Waals surface area contributed by atoms with Gasteiger partial charge in [-0.15, -0.1) is 0 Å². The predicted octanol–water partition coefficient (Wildman–Crippen LogP) is 18.5. The third-order valence-corrected chi connectivity index (χ3v) is 14.1. The van der Waals surface area contributed by atoms with Crippen LogP contribution in [-0.4, -0.2) is 47.4 Å². The van der Waals surface area contributed by atoms with Crippen molar-refractivity contribution in [2.45, 2.75) is 347 Å². The van der Waals surface area contributed by atoms with Crippen molar-refractivity contribution >= 4 is 11.9 Å². The van der Waals surface area contributed by atoms with E-state index in [0.717, 1.165) is 38.5 Å². The number of hydrogen-bond acceptors (Lipinski definition) is 5. The molecule has 0 radical (unpaired) electrons. The second kappa shape index (κ2) is 56.2. The van der Waals surface area contributed by atoms with Gasteiger partial charge in [0.05, 0.1) is 25.4 Å². The lowest BCUT2D eigenvalue weighted by Gasteiger charge is -2.22. The molecule has 2 atom stereocenters. The highest BCUT2D eigenvalue weighted by Gasteiger charge is 2.20. The molecular weight excluding hydrogens is 815 g/mol. The molecule has 0 saturated carbocycles. The fourth-order valence-corrected chi connectivity index (χ4v) is 9.46. The van der Waals surface area contributed by atoms with Gasteiger partial charge in [0.1, 0.15) is 0 Å². The third kappa shape index (κ3) is 52.0. The Bertz CT molecular complexity index is 986. The van der Waals surface area contributed by atoms with Gasteiger partial charge in [-0.2, -0.15) is 0 Å². The molecule has 0 aromatic carbocycles. The van der Waals surface area contributed by atoms with Crippen LogP contribution in [0.15, 0.2) is 12.2 Å². The average molecular weight is 933 g/mol. The molecule has 0 saturated heterocycles. The van der Waals surface area contributed by atoms with Crippen molar-refractivity contribution < 1.29 is 24.5 Å². The number of rotatable bonds is 56. The third-order valence-electron chi connectivity index (χ3n) is 14.1. The second-order valence-electron chi connectivity index (χ2n) is 20.7. The number of allylic oxidation sites excluding steroid dienone is 2. The van der Waals surface area contributed by atoms with E-state index in [1.807, 2.05) is 0 Å². The Kier molecular flexibility index (Phi) is 55.0. The quantitative estimate of drug-likeness (QED) is 0.0321. The lowest BCUT2D eigenvalue weighted by molar-refractivity contribution is -0.143. The van der Waals surface area contributed by atoms with Gasteiger partial charge in [0.25, 0.3) is 0 Å². The summed E-state index contributed by atoms with van der Waals surface area (Å²) in [5.41, 5.74) is 0. The zero-order valence-corrected chi connectivity index (χ0v) is 44.7. The van der Waals surface area contributed by atoms with Crippen molar-refractivity contribution in [2.75, 3.05) is 13.2 Å². The van der Waals surface area contributed by atoms with Crippen LogP contribution in [0.5, 0.6) is 0 Å². The van der Waals surface area contributed by atoms with E-state index in [0.29, 0.717) is 25.9 Å². The van der Waals surface area contributed by atoms with Crippen LogP contribution in [0.1, 0.15) is 335 Å². The van der Waals surface area contributed by atoms with Gasteiger partial charge in [-0.3, -0.25) is 9.59 Å². The number of unbranched alkanes of at least 4 members (excludes halogenated alkanes) is 43. The lowest BCUT2D eigenvalue weighted by atomic mass is 10.0. The topological polar surface area (TPSA) is 95.9 Å². The molecule has 0 bridgehead atoms. The average Bonchev–Trinajstić information content (AvgIpc) is 3.32. The van der Waals surface area contributed by atoms with Gasteiger partial charge in [0.2, 0.25) is 5.91 Å². The highest BCUT2D eigenvalue weighted by atomic mass is 16.5. The maximum absolute atomic E-state index is 12.4. The summed E-state index contributed by atoms with van der Waals surface area (Å²) in [5.74, 6) is -0.0286. The first kappa shape index (κ1) is 64.6. The molecule has 0 aliphatic heterocycles. The molecule has 0 rings (SSSR count). The minimum absolute atomic E-state index is 0.0147. The molecule has 392 valence electrons. The molecule has 0 heterocycles. The summed E-state index contributed by atoms with van der Waals surface area (Å²) in [4.78, 5) is 24.5. The Balaban J connectivity index is 3.35. The molecule has 0 aromatic heterocycles. The number of carbonyl (C=O) groups is 2. The van der Waals surface area contributed by atoms with Crippen LogP contribution in [-0.2, 0) is 14.3 Å². The van der Waals surface area contributed by atoms with E-state index in [4.69, 9.17) is 4.74 Å². The van der Waals surface area contributed by atoms with Crippen molar-refractivity contribution in [1.29, 1.82) is 0 Å².